The highest BCUT2D eigenvalue weighted by atomic mass is 28.3. The van der Waals surface area contributed by atoms with E-state index in [0.29, 0.717) is 13.0 Å². The minimum Gasteiger partial charge on any atom is -0.468 e. The maximum absolute atomic E-state index is 10.8. The summed E-state index contributed by atoms with van der Waals surface area (Å²) in [6, 6.07) is 1.20. The molecule has 0 aliphatic rings. The van der Waals surface area contributed by atoms with Crippen LogP contribution in [-0.2, 0) is 13.6 Å². The van der Waals surface area contributed by atoms with Crippen molar-refractivity contribution in [2.24, 2.45) is 0 Å². The number of carbonyl (C=O) groups excluding carboxylic acids is 1. The number of allylic oxidation sites excluding steroid dienone is 1. The van der Waals surface area contributed by atoms with Gasteiger partial charge in [0.05, 0.1) is 0 Å². The summed E-state index contributed by atoms with van der Waals surface area (Å²) in [5.41, 5.74) is 0. The third-order valence-corrected chi connectivity index (χ3v) is 4.25. The number of carbonyl (C=O) groups is 1. The van der Waals surface area contributed by atoms with Crippen LogP contribution in [0.15, 0.2) is 12.7 Å². The molecular formula is C9H20O3Si2. The number of hydrogen-bond acceptors (Lipinski definition) is 3. The van der Waals surface area contributed by atoms with Gasteiger partial charge in [-0.3, -0.25) is 4.79 Å². The number of rotatable bonds is 10. The van der Waals surface area contributed by atoms with Crippen molar-refractivity contribution in [3.63, 3.8) is 0 Å². The molecule has 0 bridgehead atoms. The van der Waals surface area contributed by atoms with Crippen LogP contribution < -0.4 is 0 Å². The van der Waals surface area contributed by atoms with Gasteiger partial charge < -0.3 is 8.85 Å². The van der Waals surface area contributed by atoms with Gasteiger partial charge in [0.15, 0.2) is 5.78 Å². The Kier molecular flexibility index (Phi) is 10.7. The Morgan fingerprint density at radius 2 is 2.14 bits per heavy atom. The second-order valence-corrected chi connectivity index (χ2v) is 6.51. The van der Waals surface area contributed by atoms with E-state index in [1.807, 2.05) is 0 Å². The van der Waals surface area contributed by atoms with E-state index in [9.17, 15) is 4.79 Å². The number of hydrogen-bond donors (Lipinski definition) is 0. The summed E-state index contributed by atoms with van der Waals surface area (Å²) < 4.78 is 10.5. The zero-order chi connectivity index (χ0) is 10.6. The fourth-order valence-corrected chi connectivity index (χ4v) is 2.57. The Hall–Kier alpha value is -0.236. The van der Waals surface area contributed by atoms with Crippen LogP contribution >= 0.6 is 0 Å². The van der Waals surface area contributed by atoms with Gasteiger partial charge in [-0.2, -0.15) is 0 Å². The molecule has 0 aromatic heterocycles. The molecular weight excluding hydrogens is 212 g/mol. The van der Waals surface area contributed by atoms with Crippen molar-refractivity contribution in [2.45, 2.75) is 25.3 Å². The molecule has 0 aromatic carbocycles. The predicted molar refractivity (Wildman–Crippen MR) is 64.2 cm³/mol. The third kappa shape index (κ3) is 9.85. The monoisotopic (exact) mass is 232 g/mol. The lowest BCUT2D eigenvalue weighted by Crippen LogP contribution is -2.02. The van der Waals surface area contributed by atoms with E-state index in [-0.39, 0.29) is 15.5 Å². The quantitative estimate of drug-likeness (QED) is 0.295. The molecule has 0 N–H and O–H groups in total. The Balaban J connectivity index is 2.99. The van der Waals surface area contributed by atoms with E-state index in [0.717, 1.165) is 29.9 Å². The zero-order valence-electron chi connectivity index (χ0n) is 8.96. The predicted octanol–water partition coefficient (Wildman–Crippen LogP) is -0.273. The minimum absolute atomic E-state index is 0.102. The van der Waals surface area contributed by atoms with Crippen molar-refractivity contribution in [2.75, 3.05) is 13.2 Å². The molecule has 0 amide bonds. The molecule has 0 saturated heterocycles. The lowest BCUT2D eigenvalue weighted by molar-refractivity contribution is -0.114. The molecule has 5 heteroatoms. The van der Waals surface area contributed by atoms with E-state index < -0.39 is 0 Å². The van der Waals surface area contributed by atoms with Crippen molar-refractivity contribution >= 4 is 26.0 Å². The third-order valence-electron chi connectivity index (χ3n) is 1.83. The molecule has 0 aromatic rings. The highest BCUT2D eigenvalue weighted by Gasteiger charge is 1.95. The van der Waals surface area contributed by atoms with Gasteiger partial charge in [-0.25, -0.2) is 0 Å². The van der Waals surface area contributed by atoms with Crippen molar-refractivity contribution in [1.29, 1.82) is 0 Å². The van der Waals surface area contributed by atoms with Gasteiger partial charge in [0.2, 0.25) is 0 Å². The summed E-state index contributed by atoms with van der Waals surface area (Å²) in [6.45, 7) is 4.90. The first-order valence-corrected chi connectivity index (χ1v) is 7.42. The van der Waals surface area contributed by atoms with E-state index >= 15 is 0 Å². The highest BCUT2D eigenvalue weighted by Crippen LogP contribution is 1.95. The van der Waals surface area contributed by atoms with Gasteiger partial charge in [-0.15, -0.1) is 0 Å². The van der Waals surface area contributed by atoms with Crippen molar-refractivity contribution in [3.8, 4) is 0 Å². The van der Waals surface area contributed by atoms with Crippen molar-refractivity contribution < 1.29 is 13.6 Å². The average Bonchev–Trinajstić information content (AvgIpc) is 2.21. The Morgan fingerprint density at radius 3 is 2.79 bits per heavy atom. The second-order valence-electron chi connectivity index (χ2n) is 3.09. The summed E-state index contributed by atoms with van der Waals surface area (Å²) in [5, 5.41) is 0. The second kappa shape index (κ2) is 10.8. The van der Waals surface area contributed by atoms with Crippen LogP contribution in [0.25, 0.3) is 0 Å². The van der Waals surface area contributed by atoms with E-state index in [1.54, 1.807) is 0 Å². The molecule has 0 aliphatic carbocycles. The van der Waals surface area contributed by atoms with E-state index in [4.69, 9.17) is 8.85 Å². The Bertz CT molecular complexity index is 162. The summed E-state index contributed by atoms with van der Waals surface area (Å²) in [5.74, 6) is 0.102. The lowest BCUT2D eigenvalue weighted by Gasteiger charge is -2.02. The first kappa shape index (κ1) is 13.8. The molecule has 0 saturated carbocycles. The van der Waals surface area contributed by atoms with Crippen molar-refractivity contribution in [3.05, 3.63) is 12.7 Å². The van der Waals surface area contributed by atoms with Gasteiger partial charge in [0.25, 0.3) is 0 Å². The molecule has 82 valence electrons. The van der Waals surface area contributed by atoms with Crippen LogP contribution in [0.4, 0.5) is 0 Å². The van der Waals surface area contributed by atoms with Crippen LogP contribution in [0.2, 0.25) is 6.04 Å². The van der Waals surface area contributed by atoms with Crippen LogP contribution in [-0.4, -0.2) is 39.2 Å². The summed E-state index contributed by atoms with van der Waals surface area (Å²) in [7, 11) is 0.661. The van der Waals surface area contributed by atoms with E-state index in [1.165, 1.54) is 12.1 Å². The molecule has 0 aliphatic heterocycles. The molecule has 0 heterocycles. The summed E-state index contributed by atoms with van der Waals surface area (Å²) in [6.07, 6.45) is 3.83. The fourth-order valence-electron chi connectivity index (χ4n) is 1.00. The van der Waals surface area contributed by atoms with E-state index in [2.05, 4.69) is 6.58 Å². The normalized spacial score (nSPS) is 11.1. The van der Waals surface area contributed by atoms with Gasteiger partial charge in [-0.1, -0.05) is 6.58 Å². The van der Waals surface area contributed by atoms with Crippen LogP contribution in [0.5, 0.6) is 0 Å². The van der Waals surface area contributed by atoms with Crippen molar-refractivity contribution in [1.82, 2.24) is 0 Å². The standard InChI is InChI=1S/C9H20O3Si2/c1-2-9(10)5-3-6-11-7-4-8-14-12-13/h2H,1,3-8,14H2,13H3. The Labute approximate surface area is 91.3 Å². The molecule has 0 spiro atoms. The smallest absolute Gasteiger partial charge is 0.155 e. The summed E-state index contributed by atoms with van der Waals surface area (Å²) >= 11 is 0. The minimum atomic E-state index is -0.220. The molecule has 0 rings (SSSR count). The maximum atomic E-state index is 10.8. The summed E-state index contributed by atoms with van der Waals surface area (Å²) in [4.78, 5) is 10.8. The molecule has 0 unspecified atom stereocenters. The zero-order valence-corrected chi connectivity index (χ0v) is 12.4. The first-order valence-electron chi connectivity index (χ1n) is 5.03. The first-order chi connectivity index (χ1) is 6.81. The van der Waals surface area contributed by atoms with Gasteiger partial charge in [-0.05, 0) is 25.0 Å². The maximum Gasteiger partial charge on any atom is 0.155 e. The van der Waals surface area contributed by atoms with Gasteiger partial charge in [0.1, 0.15) is 20.2 Å². The largest absolute Gasteiger partial charge is 0.468 e. The molecule has 3 nitrogen and oxygen atoms in total. The van der Waals surface area contributed by atoms with Crippen LogP contribution in [0, 0.1) is 0 Å². The molecule has 0 fully saturated rings. The van der Waals surface area contributed by atoms with Gasteiger partial charge in [0, 0.05) is 19.6 Å². The highest BCUT2D eigenvalue weighted by molar-refractivity contribution is 6.34. The van der Waals surface area contributed by atoms with Crippen LogP contribution in [0.1, 0.15) is 19.3 Å². The van der Waals surface area contributed by atoms with Crippen LogP contribution in [0.3, 0.4) is 0 Å². The SMILES string of the molecule is C=CC(=O)CCCOCCC[SiH2]O[SiH3]. The Morgan fingerprint density at radius 1 is 1.43 bits per heavy atom. The molecule has 0 atom stereocenters. The fraction of sp³-hybridized carbons (Fsp3) is 0.667. The molecule has 0 radical (unpaired) electrons. The topological polar surface area (TPSA) is 35.5 Å². The number of ketones is 1. The lowest BCUT2D eigenvalue weighted by atomic mass is 10.2. The number of ether oxygens (including phenoxy) is 1. The van der Waals surface area contributed by atoms with Gasteiger partial charge >= 0.3 is 0 Å². The molecule has 14 heavy (non-hydrogen) atoms. The average molecular weight is 232 g/mol.